The second kappa shape index (κ2) is 7.66. The van der Waals surface area contributed by atoms with Crippen molar-refractivity contribution in [1.82, 2.24) is 10.2 Å². The second-order valence-corrected chi connectivity index (χ2v) is 6.09. The lowest BCUT2D eigenvalue weighted by molar-refractivity contribution is 0.153. The third kappa shape index (κ3) is 4.35. The molecule has 2 rings (SSSR count). The smallest absolute Gasteiger partial charge is 0.161 e. The number of piperazine rings is 1. The molecule has 1 aliphatic rings. The van der Waals surface area contributed by atoms with Crippen LogP contribution in [0.4, 0.5) is 0 Å². The van der Waals surface area contributed by atoms with E-state index in [-0.39, 0.29) is 5.75 Å². The molecule has 1 saturated heterocycles. The molecule has 4 nitrogen and oxygen atoms in total. The van der Waals surface area contributed by atoms with E-state index in [2.05, 4.69) is 24.1 Å². The number of aromatic hydroxyl groups is 1. The van der Waals surface area contributed by atoms with Crippen LogP contribution in [0.5, 0.6) is 11.5 Å². The summed E-state index contributed by atoms with van der Waals surface area (Å²) in [5, 5.41) is 13.3. The Morgan fingerprint density at radius 3 is 2.62 bits per heavy atom. The van der Waals surface area contributed by atoms with Gasteiger partial charge in [-0.15, -0.1) is 0 Å². The van der Waals surface area contributed by atoms with Gasteiger partial charge in [-0.3, -0.25) is 4.90 Å². The molecule has 1 aromatic carbocycles. The molecule has 118 valence electrons. The third-order valence-corrected chi connectivity index (χ3v) is 3.96. The van der Waals surface area contributed by atoms with Gasteiger partial charge in [-0.25, -0.2) is 0 Å². The van der Waals surface area contributed by atoms with Crippen LogP contribution < -0.4 is 10.1 Å². The normalized spacial score (nSPS) is 17.9. The number of nitrogens with one attached hydrogen (secondary N) is 1. The van der Waals surface area contributed by atoms with E-state index in [1.165, 1.54) is 5.56 Å². The Bertz CT molecular complexity index is 442. The molecule has 0 saturated carbocycles. The molecule has 0 aromatic heterocycles. The summed E-state index contributed by atoms with van der Waals surface area (Å²) in [6, 6.07) is 6.20. The number of phenols is 1. The van der Waals surface area contributed by atoms with Gasteiger partial charge in [0.1, 0.15) is 0 Å². The molecular formula is C17H28N2O2. The number of rotatable bonds is 6. The second-order valence-electron chi connectivity index (χ2n) is 6.09. The fourth-order valence-electron chi connectivity index (χ4n) is 2.95. The number of benzene rings is 1. The van der Waals surface area contributed by atoms with E-state index in [1.807, 2.05) is 19.1 Å². The number of ether oxygens (including phenoxy) is 1. The van der Waals surface area contributed by atoms with E-state index >= 15 is 0 Å². The van der Waals surface area contributed by atoms with Crippen LogP contribution in [-0.2, 0) is 0 Å². The summed E-state index contributed by atoms with van der Waals surface area (Å²) in [5.74, 6) is 1.46. The van der Waals surface area contributed by atoms with Crippen molar-refractivity contribution in [2.45, 2.75) is 33.2 Å². The van der Waals surface area contributed by atoms with Gasteiger partial charge in [0, 0.05) is 32.2 Å². The SMILES string of the molecule is CCOc1cc([C@H](CC(C)C)N2CCNCC2)ccc1O. The van der Waals surface area contributed by atoms with E-state index in [0.717, 1.165) is 32.6 Å². The van der Waals surface area contributed by atoms with Crippen molar-refractivity contribution < 1.29 is 9.84 Å². The van der Waals surface area contributed by atoms with Crippen LogP contribution in [0.2, 0.25) is 0 Å². The molecule has 0 aliphatic carbocycles. The summed E-state index contributed by atoms with van der Waals surface area (Å²) < 4.78 is 5.54. The predicted molar refractivity (Wildman–Crippen MR) is 85.9 cm³/mol. The molecule has 21 heavy (non-hydrogen) atoms. The van der Waals surface area contributed by atoms with Crippen molar-refractivity contribution in [2.75, 3.05) is 32.8 Å². The summed E-state index contributed by atoms with van der Waals surface area (Å²) in [6.07, 6.45) is 1.12. The molecule has 0 radical (unpaired) electrons. The zero-order chi connectivity index (χ0) is 15.2. The topological polar surface area (TPSA) is 44.7 Å². The third-order valence-electron chi connectivity index (χ3n) is 3.96. The summed E-state index contributed by atoms with van der Waals surface area (Å²) in [5.41, 5.74) is 1.24. The van der Waals surface area contributed by atoms with Gasteiger partial charge in [0.15, 0.2) is 11.5 Å². The van der Waals surface area contributed by atoms with E-state index in [9.17, 15) is 5.11 Å². The van der Waals surface area contributed by atoms with Gasteiger partial charge >= 0.3 is 0 Å². The highest BCUT2D eigenvalue weighted by Gasteiger charge is 2.23. The van der Waals surface area contributed by atoms with Crippen LogP contribution in [0.15, 0.2) is 18.2 Å². The first kappa shape index (κ1) is 16.1. The Labute approximate surface area is 128 Å². The maximum absolute atomic E-state index is 9.89. The quantitative estimate of drug-likeness (QED) is 0.846. The highest BCUT2D eigenvalue weighted by atomic mass is 16.5. The number of hydrogen-bond donors (Lipinski definition) is 2. The van der Waals surface area contributed by atoms with Crippen molar-refractivity contribution in [3.8, 4) is 11.5 Å². The monoisotopic (exact) mass is 292 g/mol. The Morgan fingerprint density at radius 2 is 2.00 bits per heavy atom. The molecule has 0 unspecified atom stereocenters. The first-order valence-corrected chi connectivity index (χ1v) is 8.02. The minimum absolute atomic E-state index is 0.226. The van der Waals surface area contributed by atoms with E-state index in [0.29, 0.717) is 24.3 Å². The van der Waals surface area contributed by atoms with E-state index in [1.54, 1.807) is 6.07 Å². The average Bonchev–Trinajstić information content (AvgIpc) is 2.48. The zero-order valence-electron chi connectivity index (χ0n) is 13.4. The van der Waals surface area contributed by atoms with Crippen molar-refractivity contribution in [2.24, 2.45) is 5.92 Å². The summed E-state index contributed by atoms with van der Waals surface area (Å²) in [7, 11) is 0. The maximum Gasteiger partial charge on any atom is 0.161 e. The lowest BCUT2D eigenvalue weighted by Gasteiger charge is -2.36. The van der Waals surface area contributed by atoms with Crippen molar-refractivity contribution >= 4 is 0 Å². The molecule has 2 N–H and O–H groups in total. The molecule has 0 spiro atoms. The van der Waals surface area contributed by atoms with Crippen LogP contribution in [0, 0.1) is 5.92 Å². The number of hydrogen-bond acceptors (Lipinski definition) is 4. The molecule has 1 aliphatic heterocycles. The molecule has 1 heterocycles. The van der Waals surface area contributed by atoms with Crippen LogP contribution in [0.3, 0.4) is 0 Å². The molecule has 4 heteroatoms. The first-order valence-electron chi connectivity index (χ1n) is 8.02. The van der Waals surface area contributed by atoms with Crippen molar-refractivity contribution in [1.29, 1.82) is 0 Å². The first-order chi connectivity index (χ1) is 10.1. The molecule has 1 atom stereocenters. The van der Waals surface area contributed by atoms with Crippen molar-refractivity contribution in [3.63, 3.8) is 0 Å². The van der Waals surface area contributed by atoms with E-state index in [4.69, 9.17) is 4.74 Å². The molecule has 0 amide bonds. The number of nitrogens with zero attached hydrogens (tertiary/aromatic N) is 1. The highest BCUT2D eigenvalue weighted by molar-refractivity contribution is 5.42. The largest absolute Gasteiger partial charge is 0.504 e. The van der Waals surface area contributed by atoms with Gasteiger partial charge in [-0.1, -0.05) is 19.9 Å². The Hall–Kier alpha value is -1.26. The van der Waals surface area contributed by atoms with Gasteiger partial charge in [0.25, 0.3) is 0 Å². The van der Waals surface area contributed by atoms with Crippen LogP contribution in [0.25, 0.3) is 0 Å². The Morgan fingerprint density at radius 1 is 1.29 bits per heavy atom. The highest BCUT2D eigenvalue weighted by Crippen LogP contribution is 2.34. The minimum atomic E-state index is 0.226. The lowest BCUT2D eigenvalue weighted by atomic mass is 9.94. The molecular weight excluding hydrogens is 264 g/mol. The maximum atomic E-state index is 9.89. The Kier molecular flexibility index (Phi) is 5.88. The van der Waals surface area contributed by atoms with Gasteiger partial charge in [0.05, 0.1) is 6.61 Å². The summed E-state index contributed by atoms with van der Waals surface area (Å²) in [4.78, 5) is 2.54. The van der Waals surface area contributed by atoms with Crippen LogP contribution >= 0.6 is 0 Å². The molecule has 1 fully saturated rings. The predicted octanol–water partition coefficient (Wildman–Crippen LogP) is 2.78. The van der Waals surface area contributed by atoms with E-state index < -0.39 is 0 Å². The zero-order valence-corrected chi connectivity index (χ0v) is 13.4. The van der Waals surface area contributed by atoms with Gasteiger partial charge in [0.2, 0.25) is 0 Å². The molecule has 0 bridgehead atoms. The van der Waals surface area contributed by atoms with Crippen LogP contribution in [-0.4, -0.2) is 42.8 Å². The number of phenolic OH excluding ortho intramolecular Hbond substituents is 1. The Balaban J connectivity index is 2.24. The fourth-order valence-corrected chi connectivity index (χ4v) is 2.95. The standard InChI is InChI=1S/C17H28N2O2/c1-4-21-17-12-14(5-6-16(17)20)15(11-13(2)3)19-9-7-18-8-10-19/h5-6,12-13,15,18,20H,4,7-11H2,1-3H3/t15-/m0/s1. The molecule has 1 aromatic rings. The summed E-state index contributed by atoms with van der Waals surface area (Å²) in [6.45, 7) is 11.3. The minimum Gasteiger partial charge on any atom is -0.504 e. The van der Waals surface area contributed by atoms with Gasteiger partial charge in [-0.05, 0) is 37.0 Å². The summed E-state index contributed by atoms with van der Waals surface area (Å²) >= 11 is 0. The average molecular weight is 292 g/mol. The van der Waals surface area contributed by atoms with Gasteiger partial charge in [-0.2, -0.15) is 0 Å². The van der Waals surface area contributed by atoms with Crippen molar-refractivity contribution in [3.05, 3.63) is 23.8 Å². The van der Waals surface area contributed by atoms with Gasteiger partial charge < -0.3 is 15.2 Å². The van der Waals surface area contributed by atoms with Crippen LogP contribution in [0.1, 0.15) is 38.8 Å². The fraction of sp³-hybridized carbons (Fsp3) is 0.647. The lowest BCUT2D eigenvalue weighted by Crippen LogP contribution is -2.45.